The van der Waals surface area contributed by atoms with Crippen molar-refractivity contribution in [3.8, 4) is 0 Å². The molecular weight excluding hydrogens is 356 g/mol. The van der Waals surface area contributed by atoms with Gasteiger partial charge in [-0.3, -0.25) is 9.59 Å². The van der Waals surface area contributed by atoms with E-state index < -0.39 is 5.60 Å². The van der Waals surface area contributed by atoms with Crippen LogP contribution in [-0.4, -0.2) is 17.4 Å². The van der Waals surface area contributed by atoms with Gasteiger partial charge in [0, 0.05) is 10.9 Å². The Morgan fingerprint density at radius 1 is 1.22 bits per heavy atom. The Morgan fingerprint density at radius 2 is 1.87 bits per heavy atom. The van der Waals surface area contributed by atoms with Gasteiger partial charge in [-0.25, -0.2) is 0 Å². The summed E-state index contributed by atoms with van der Waals surface area (Å²) < 4.78 is 6.59. The second-order valence-electron chi connectivity index (χ2n) is 6.96. The number of hydrogen-bond donors (Lipinski definition) is 0. The molecule has 0 amide bonds. The summed E-state index contributed by atoms with van der Waals surface area (Å²) in [6.45, 7) is 5.59. The fourth-order valence-corrected chi connectivity index (χ4v) is 2.95. The minimum absolute atomic E-state index is 0.107. The molecule has 0 radical (unpaired) electrons. The summed E-state index contributed by atoms with van der Waals surface area (Å²) in [5, 5.41) is 0. The van der Waals surface area contributed by atoms with E-state index in [1.165, 1.54) is 0 Å². The largest absolute Gasteiger partial charge is 0.459 e. The molecule has 0 saturated carbocycles. The van der Waals surface area contributed by atoms with Crippen LogP contribution in [0.5, 0.6) is 0 Å². The predicted molar refractivity (Wildman–Crippen MR) is 94.1 cm³/mol. The van der Waals surface area contributed by atoms with E-state index in [2.05, 4.69) is 15.9 Å². The summed E-state index contributed by atoms with van der Waals surface area (Å²) in [6.07, 6.45) is 4.37. The van der Waals surface area contributed by atoms with E-state index in [0.717, 1.165) is 28.5 Å². The first-order valence-electron chi connectivity index (χ1n) is 7.95. The SMILES string of the molecule is CC(C)(C)OC(=O)C(Cc1ccc(Br)cc1)C1=CC(=O)CCC1. The summed E-state index contributed by atoms with van der Waals surface area (Å²) in [6, 6.07) is 7.91. The predicted octanol–water partition coefficient (Wildman–Crippen LogP) is 4.63. The Balaban J connectivity index is 2.25. The third kappa shape index (κ3) is 5.61. The number of carbonyl (C=O) groups is 2. The van der Waals surface area contributed by atoms with Gasteiger partial charge in [-0.2, -0.15) is 0 Å². The number of carbonyl (C=O) groups excluding carboxylic acids is 2. The molecule has 0 spiro atoms. The van der Waals surface area contributed by atoms with Crippen LogP contribution in [0.4, 0.5) is 0 Å². The first-order chi connectivity index (χ1) is 10.7. The lowest BCUT2D eigenvalue weighted by Gasteiger charge is -2.26. The normalized spacial score (nSPS) is 16.7. The monoisotopic (exact) mass is 378 g/mol. The molecule has 0 saturated heterocycles. The van der Waals surface area contributed by atoms with Gasteiger partial charge in [-0.15, -0.1) is 0 Å². The number of esters is 1. The number of rotatable bonds is 4. The molecule has 1 aromatic rings. The average Bonchev–Trinajstić information content (AvgIpc) is 2.44. The molecule has 0 aromatic heterocycles. The third-order valence-corrected chi connectivity index (χ3v) is 4.26. The Morgan fingerprint density at radius 3 is 2.43 bits per heavy atom. The van der Waals surface area contributed by atoms with Gasteiger partial charge in [0.2, 0.25) is 0 Å². The Bertz CT molecular complexity index is 608. The van der Waals surface area contributed by atoms with Crippen molar-refractivity contribution in [1.29, 1.82) is 0 Å². The van der Waals surface area contributed by atoms with Gasteiger partial charge in [0.15, 0.2) is 5.78 Å². The van der Waals surface area contributed by atoms with Crippen LogP contribution in [0.15, 0.2) is 40.4 Å². The fourth-order valence-electron chi connectivity index (χ4n) is 2.69. The Kier molecular flexibility index (Phi) is 5.79. The van der Waals surface area contributed by atoms with Gasteiger partial charge in [-0.05, 0) is 63.8 Å². The van der Waals surface area contributed by atoms with Crippen molar-refractivity contribution in [3.63, 3.8) is 0 Å². The second kappa shape index (κ2) is 7.43. The molecule has 0 aliphatic heterocycles. The first-order valence-corrected chi connectivity index (χ1v) is 8.74. The molecule has 23 heavy (non-hydrogen) atoms. The van der Waals surface area contributed by atoms with E-state index in [-0.39, 0.29) is 17.7 Å². The van der Waals surface area contributed by atoms with Crippen molar-refractivity contribution in [2.45, 2.75) is 52.1 Å². The molecule has 124 valence electrons. The third-order valence-electron chi connectivity index (χ3n) is 3.73. The molecule has 0 fully saturated rings. The van der Waals surface area contributed by atoms with E-state index in [4.69, 9.17) is 4.74 Å². The smallest absolute Gasteiger partial charge is 0.313 e. The van der Waals surface area contributed by atoms with Crippen LogP contribution >= 0.6 is 15.9 Å². The fraction of sp³-hybridized carbons (Fsp3) is 0.474. The molecule has 3 nitrogen and oxygen atoms in total. The summed E-state index contributed by atoms with van der Waals surface area (Å²) in [4.78, 5) is 24.4. The zero-order valence-electron chi connectivity index (χ0n) is 13.9. The number of hydrogen-bond acceptors (Lipinski definition) is 3. The van der Waals surface area contributed by atoms with Gasteiger partial charge in [-0.1, -0.05) is 33.6 Å². The van der Waals surface area contributed by atoms with Crippen molar-refractivity contribution in [3.05, 3.63) is 46.0 Å². The zero-order valence-corrected chi connectivity index (χ0v) is 15.5. The van der Waals surface area contributed by atoms with Crippen LogP contribution in [0.2, 0.25) is 0 Å². The maximum Gasteiger partial charge on any atom is 0.313 e. The van der Waals surface area contributed by atoms with Crippen LogP contribution in [0.3, 0.4) is 0 Å². The van der Waals surface area contributed by atoms with Crippen molar-refractivity contribution in [2.75, 3.05) is 0 Å². The molecule has 1 aliphatic rings. The maximum absolute atomic E-state index is 12.7. The highest BCUT2D eigenvalue weighted by Gasteiger charge is 2.30. The van der Waals surface area contributed by atoms with E-state index in [0.29, 0.717) is 12.8 Å². The first kappa shape index (κ1) is 17.9. The van der Waals surface area contributed by atoms with E-state index in [9.17, 15) is 9.59 Å². The van der Waals surface area contributed by atoms with Crippen molar-refractivity contribution < 1.29 is 14.3 Å². The molecule has 4 heteroatoms. The lowest BCUT2D eigenvalue weighted by atomic mass is 9.84. The molecule has 1 aliphatic carbocycles. The highest BCUT2D eigenvalue weighted by Crippen LogP contribution is 2.28. The minimum atomic E-state index is -0.533. The molecule has 0 N–H and O–H groups in total. The molecule has 1 atom stereocenters. The van der Waals surface area contributed by atoms with Gasteiger partial charge in [0.1, 0.15) is 5.60 Å². The molecule has 0 bridgehead atoms. The highest BCUT2D eigenvalue weighted by atomic mass is 79.9. The van der Waals surface area contributed by atoms with Crippen molar-refractivity contribution >= 4 is 27.7 Å². The number of allylic oxidation sites excluding steroid dienone is 1. The van der Waals surface area contributed by atoms with Crippen LogP contribution in [0.1, 0.15) is 45.6 Å². The van der Waals surface area contributed by atoms with Gasteiger partial charge in [0.25, 0.3) is 0 Å². The van der Waals surface area contributed by atoms with Crippen LogP contribution in [0.25, 0.3) is 0 Å². The summed E-state index contributed by atoms with van der Waals surface area (Å²) in [7, 11) is 0. The van der Waals surface area contributed by atoms with E-state index in [1.54, 1.807) is 6.08 Å². The van der Waals surface area contributed by atoms with Crippen LogP contribution < -0.4 is 0 Å². The summed E-state index contributed by atoms with van der Waals surface area (Å²) in [5.41, 5.74) is 1.43. The van der Waals surface area contributed by atoms with Gasteiger partial charge in [0.05, 0.1) is 5.92 Å². The van der Waals surface area contributed by atoms with Crippen LogP contribution in [0, 0.1) is 5.92 Å². The highest BCUT2D eigenvalue weighted by molar-refractivity contribution is 9.10. The number of benzene rings is 1. The molecule has 0 heterocycles. The van der Waals surface area contributed by atoms with E-state index >= 15 is 0 Å². The second-order valence-corrected chi connectivity index (χ2v) is 7.87. The van der Waals surface area contributed by atoms with Crippen LogP contribution in [-0.2, 0) is 20.7 Å². The lowest BCUT2D eigenvalue weighted by molar-refractivity contribution is -0.158. The maximum atomic E-state index is 12.7. The molecule has 1 unspecified atom stereocenters. The molecule has 1 aromatic carbocycles. The quantitative estimate of drug-likeness (QED) is 0.717. The molecular formula is C19H23BrO3. The zero-order chi connectivity index (χ0) is 17.0. The minimum Gasteiger partial charge on any atom is -0.459 e. The Labute approximate surface area is 146 Å². The summed E-state index contributed by atoms with van der Waals surface area (Å²) >= 11 is 3.42. The van der Waals surface area contributed by atoms with Crippen molar-refractivity contribution in [2.24, 2.45) is 5.92 Å². The van der Waals surface area contributed by atoms with Crippen molar-refractivity contribution in [1.82, 2.24) is 0 Å². The van der Waals surface area contributed by atoms with E-state index in [1.807, 2.05) is 45.0 Å². The number of ether oxygens (including phenoxy) is 1. The average molecular weight is 379 g/mol. The number of halogens is 1. The topological polar surface area (TPSA) is 43.4 Å². The Hall–Kier alpha value is -1.42. The van der Waals surface area contributed by atoms with Gasteiger partial charge < -0.3 is 4.74 Å². The van der Waals surface area contributed by atoms with Gasteiger partial charge >= 0.3 is 5.97 Å². The standard InChI is InChI=1S/C19H23BrO3/c1-19(2,3)23-18(22)17(14-5-4-6-16(21)12-14)11-13-7-9-15(20)10-8-13/h7-10,12,17H,4-6,11H2,1-3H3. The lowest BCUT2D eigenvalue weighted by Crippen LogP contribution is -2.31. The molecule has 2 rings (SSSR count). The summed E-state index contributed by atoms with van der Waals surface area (Å²) in [5.74, 6) is -0.531. The number of ketones is 1.